The predicted octanol–water partition coefficient (Wildman–Crippen LogP) is 1.15. The molecule has 0 bridgehead atoms. The highest BCUT2D eigenvalue weighted by molar-refractivity contribution is 5.81. The molecule has 5 nitrogen and oxygen atoms in total. The van der Waals surface area contributed by atoms with Gasteiger partial charge in [0, 0.05) is 26.2 Å². The van der Waals surface area contributed by atoms with E-state index in [-0.39, 0.29) is 18.1 Å². The zero-order chi connectivity index (χ0) is 15.9. The summed E-state index contributed by atoms with van der Waals surface area (Å²) in [5.74, 6) is 0.119. The summed E-state index contributed by atoms with van der Waals surface area (Å²) in [6.45, 7) is 5.04. The maximum Gasteiger partial charge on any atom is 0.237 e. The topological polar surface area (TPSA) is 53.6 Å². The van der Waals surface area contributed by atoms with E-state index < -0.39 is 0 Å². The monoisotopic (exact) mass is 317 g/mol. The third kappa shape index (κ3) is 5.03. The van der Waals surface area contributed by atoms with Crippen molar-refractivity contribution >= 4 is 5.91 Å². The van der Waals surface area contributed by atoms with E-state index in [1.54, 1.807) is 0 Å². The number of piperidine rings is 1. The SMILES string of the molecule is O=C(NCC1CN(Cc2ccccc2)CCO1)[C@H]1CCCCN1. The fourth-order valence-electron chi connectivity index (χ4n) is 3.30. The van der Waals surface area contributed by atoms with Crippen molar-refractivity contribution in [2.75, 3.05) is 32.8 Å². The average molecular weight is 317 g/mol. The van der Waals surface area contributed by atoms with Crippen molar-refractivity contribution in [2.24, 2.45) is 0 Å². The Labute approximate surface area is 138 Å². The van der Waals surface area contributed by atoms with Gasteiger partial charge >= 0.3 is 0 Å². The summed E-state index contributed by atoms with van der Waals surface area (Å²) in [5, 5.41) is 6.34. The summed E-state index contributed by atoms with van der Waals surface area (Å²) in [4.78, 5) is 14.6. The molecule has 23 heavy (non-hydrogen) atoms. The van der Waals surface area contributed by atoms with E-state index in [4.69, 9.17) is 4.74 Å². The maximum atomic E-state index is 12.2. The standard InChI is InChI=1S/C18H27N3O2/c22-18(17-8-4-5-9-19-17)20-12-16-14-21(10-11-23-16)13-15-6-2-1-3-7-15/h1-3,6-7,16-17,19H,4-5,8-14H2,(H,20,22)/t16?,17-/m1/s1. The smallest absolute Gasteiger partial charge is 0.237 e. The van der Waals surface area contributed by atoms with Gasteiger partial charge in [0.05, 0.1) is 18.8 Å². The molecule has 0 saturated carbocycles. The number of nitrogens with one attached hydrogen (secondary N) is 2. The van der Waals surface area contributed by atoms with Crippen LogP contribution in [-0.2, 0) is 16.1 Å². The number of hydrogen-bond donors (Lipinski definition) is 2. The van der Waals surface area contributed by atoms with Crippen LogP contribution >= 0.6 is 0 Å². The molecule has 0 aromatic heterocycles. The lowest BCUT2D eigenvalue weighted by Gasteiger charge is -2.33. The molecule has 2 aliphatic rings. The van der Waals surface area contributed by atoms with Gasteiger partial charge < -0.3 is 15.4 Å². The Morgan fingerprint density at radius 2 is 2.17 bits per heavy atom. The van der Waals surface area contributed by atoms with E-state index in [9.17, 15) is 4.79 Å². The van der Waals surface area contributed by atoms with Crippen molar-refractivity contribution in [3.63, 3.8) is 0 Å². The van der Waals surface area contributed by atoms with E-state index in [2.05, 4.69) is 39.8 Å². The number of amides is 1. The summed E-state index contributed by atoms with van der Waals surface area (Å²) >= 11 is 0. The van der Waals surface area contributed by atoms with Crippen LogP contribution in [0.2, 0.25) is 0 Å². The van der Waals surface area contributed by atoms with Crippen LogP contribution in [0.3, 0.4) is 0 Å². The molecule has 1 amide bonds. The number of rotatable bonds is 5. The Bertz CT molecular complexity index is 488. The molecule has 1 aromatic carbocycles. The summed E-state index contributed by atoms with van der Waals surface area (Å²) in [5.41, 5.74) is 1.32. The van der Waals surface area contributed by atoms with Crippen molar-refractivity contribution in [3.05, 3.63) is 35.9 Å². The molecule has 0 radical (unpaired) electrons. The number of benzene rings is 1. The summed E-state index contributed by atoms with van der Waals surface area (Å²) in [6.07, 6.45) is 3.33. The Morgan fingerprint density at radius 3 is 2.96 bits per heavy atom. The van der Waals surface area contributed by atoms with Gasteiger partial charge in [0.2, 0.25) is 5.91 Å². The molecule has 2 fully saturated rings. The molecule has 126 valence electrons. The minimum Gasteiger partial charge on any atom is -0.374 e. The van der Waals surface area contributed by atoms with E-state index in [0.29, 0.717) is 6.54 Å². The first-order valence-electron chi connectivity index (χ1n) is 8.70. The molecule has 2 N–H and O–H groups in total. The molecule has 1 aromatic rings. The number of carbonyl (C=O) groups excluding carboxylic acids is 1. The zero-order valence-corrected chi connectivity index (χ0v) is 13.7. The first-order valence-corrected chi connectivity index (χ1v) is 8.70. The first kappa shape index (κ1) is 16.4. The fraction of sp³-hybridized carbons (Fsp3) is 0.611. The van der Waals surface area contributed by atoms with Crippen LogP contribution in [0, 0.1) is 0 Å². The third-order valence-corrected chi connectivity index (χ3v) is 4.60. The van der Waals surface area contributed by atoms with E-state index in [1.165, 1.54) is 12.0 Å². The lowest BCUT2D eigenvalue weighted by molar-refractivity contribution is -0.124. The molecule has 2 atom stereocenters. The highest BCUT2D eigenvalue weighted by Crippen LogP contribution is 2.11. The number of hydrogen-bond acceptors (Lipinski definition) is 4. The average Bonchev–Trinajstić information content (AvgIpc) is 2.62. The lowest BCUT2D eigenvalue weighted by atomic mass is 10.0. The largest absolute Gasteiger partial charge is 0.374 e. The first-order chi connectivity index (χ1) is 11.3. The molecular formula is C18H27N3O2. The normalized spacial score (nSPS) is 25.9. The molecule has 2 aliphatic heterocycles. The minimum absolute atomic E-state index is 0.0206. The van der Waals surface area contributed by atoms with Crippen LogP contribution in [0.5, 0.6) is 0 Å². The number of carbonyl (C=O) groups is 1. The predicted molar refractivity (Wildman–Crippen MR) is 90.1 cm³/mol. The van der Waals surface area contributed by atoms with Gasteiger partial charge in [-0.2, -0.15) is 0 Å². The Kier molecular flexibility index (Phi) is 6.02. The second-order valence-electron chi connectivity index (χ2n) is 6.46. The summed E-state index contributed by atoms with van der Waals surface area (Å²) in [6, 6.07) is 10.5. The van der Waals surface area contributed by atoms with Crippen LogP contribution in [0.1, 0.15) is 24.8 Å². The van der Waals surface area contributed by atoms with E-state index in [0.717, 1.165) is 45.6 Å². The number of morpholine rings is 1. The molecule has 5 heteroatoms. The van der Waals surface area contributed by atoms with Crippen LogP contribution < -0.4 is 10.6 Å². The third-order valence-electron chi connectivity index (χ3n) is 4.60. The second-order valence-corrected chi connectivity index (χ2v) is 6.46. The molecule has 0 spiro atoms. The summed E-state index contributed by atoms with van der Waals surface area (Å²) in [7, 11) is 0. The van der Waals surface area contributed by atoms with Crippen molar-refractivity contribution in [1.82, 2.24) is 15.5 Å². The van der Waals surface area contributed by atoms with Gasteiger partial charge in [-0.05, 0) is 24.9 Å². The van der Waals surface area contributed by atoms with Crippen molar-refractivity contribution in [3.8, 4) is 0 Å². The highest BCUT2D eigenvalue weighted by atomic mass is 16.5. The zero-order valence-electron chi connectivity index (χ0n) is 13.7. The van der Waals surface area contributed by atoms with Crippen molar-refractivity contribution in [1.29, 1.82) is 0 Å². The quantitative estimate of drug-likeness (QED) is 0.855. The van der Waals surface area contributed by atoms with Crippen molar-refractivity contribution in [2.45, 2.75) is 38.0 Å². The van der Waals surface area contributed by atoms with Gasteiger partial charge in [-0.3, -0.25) is 9.69 Å². The minimum atomic E-state index is -0.0206. The van der Waals surface area contributed by atoms with Gasteiger partial charge in [-0.1, -0.05) is 36.8 Å². The molecule has 2 saturated heterocycles. The van der Waals surface area contributed by atoms with E-state index >= 15 is 0 Å². The van der Waals surface area contributed by atoms with Crippen LogP contribution in [0.15, 0.2) is 30.3 Å². The van der Waals surface area contributed by atoms with Crippen LogP contribution in [0.4, 0.5) is 0 Å². The number of nitrogens with zero attached hydrogens (tertiary/aromatic N) is 1. The summed E-state index contributed by atoms with van der Waals surface area (Å²) < 4.78 is 5.81. The second kappa shape index (κ2) is 8.43. The van der Waals surface area contributed by atoms with Gasteiger partial charge in [0.15, 0.2) is 0 Å². The van der Waals surface area contributed by atoms with Gasteiger partial charge in [-0.15, -0.1) is 0 Å². The van der Waals surface area contributed by atoms with Gasteiger partial charge in [-0.25, -0.2) is 0 Å². The molecular weight excluding hydrogens is 290 g/mol. The van der Waals surface area contributed by atoms with E-state index in [1.807, 2.05) is 6.07 Å². The highest BCUT2D eigenvalue weighted by Gasteiger charge is 2.24. The molecule has 0 aliphatic carbocycles. The van der Waals surface area contributed by atoms with Gasteiger partial charge in [0.1, 0.15) is 0 Å². The fourth-order valence-corrected chi connectivity index (χ4v) is 3.30. The van der Waals surface area contributed by atoms with Crippen molar-refractivity contribution < 1.29 is 9.53 Å². The number of ether oxygens (including phenoxy) is 1. The maximum absolute atomic E-state index is 12.2. The van der Waals surface area contributed by atoms with Crippen LogP contribution in [-0.4, -0.2) is 55.7 Å². The Balaban J connectivity index is 1.42. The van der Waals surface area contributed by atoms with Crippen LogP contribution in [0.25, 0.3) is 0 Å². The Hall–Kier alpha value is -1.43. The molecule has 3 rings (SSSR count). The molecule has 1 unspecified atom stereocenters. The van der Waals surface area contributed by atoms with Gasteiger partial charge in [0.25, 0.3) is 0 Å². The lowest BCUT2D eigenvalue weighted by Crippen LogP contribution is -2.51. The Morgan fingerprint density at radius 1 is 1.30 bits per heavy atom. The molecule has 2 heterocycles.